The summed E-state index contributed by atoms with van der Waals surface area (Å²) < 4.78 is 0. The van der Waals surface area contributed by atoms with Crippen LogP contribution in [0.2, 0.25) is 0 Å². The zero-order chi connectivity index (χ0) is 10.4. The number of hydrogen-bond donors (Lipinski definition) is 1. The third-order valence-electron chi connectivity index (χ3n) is 1.83. The van der Waals surface area contributed by atoms with Crippen LogP contribution >= 0.6 is 11.3 Å². The molecule has 0 bridgehead atoms. The molecule has 1 aromatic rings. The first-order chi connectivity index (χ1) is 6.68. The standard InChI is InChI=1S/C10H16N2OS/c1-12(2)5-4-11-10(13)7-9-3-6-14-8-9/h3,6,8H,4-5,7H2,1-2H3,(H,11,13). The molecule has 0 atom stereocenters. The summed E-state index contributed by atoms with van der Waals surface area (Å²) in [5.74, 6) is 0.102. The van der Waals surface area contributed by atoms with E-state index in [4.69, 9.17) is 0 Å². The first-order valence-corrected chi connectivity index (χ1v) is 5.55. The van der Waals surface area contributed by atoms with Gasteiger partial charge in [0.2, 0.25) is 5.91 Å². The van der Waals surface area contributed by atoms with Crippen LogP contribution in [0.1, 0.15) is 5.56 Å². The molecule has 1 aromatic heterocycles. The summed E-state index contributed by atoms with van der Waals surface area (Å²) in [5.41, 5.74) is 1.09. The van der Waals surface area contributed by atoms with E-state index in [1.807, 2.05) is 35.8 Å². The average molecular weight is 212 g/mol. The van der Waals surface area contributed by atoms with Crippen LogP contribution in [-0.2, 0) is 11.2 Å². The molecule has 1 amide bonds. The molecular weight excluding hydrogens is 196 g/mol. The average Bonchev–Trinajstić information content (AvgIpc) is 2.56. The quantitative estimate of drug-likeness (QED) is 0.788. The van der Waals surface area contributed by atoms with E-state index < -0.39 is 0 Å². The Labute approximate surface area is 88.7 Å². The predicted octanol–water partition coefficient (Wildman–Crippen LogP) is 0.968. The number of thiophene rings is 1. The van der Waals surface area contributed by atoms with Crippen molar-refractivity contribution in [3.63, 3.8) is 0 Å². The Hall–Kier alpha value is -0.870. The van der Waals surface area contributed by atoms with Crippen molar-refractivity contribution in [3.05, 3.63) is 22.4 Å². The van der Waals surface area contributed by atoms with Crippen LogP contribution in [0.15, 0.2) is 16.8 Å². The first kappa shape index (κ1) is 11.2. The lowest BCUT2D eigenvalue weighted by molar-refractivity contribution is -0.120. The second-order valence-electron chi connectivity index (χ2n) is 3.46. The van der Waals surface area contributed by atoms with Crippen LogP contribution in [0.25, 0.3) is 0 Å². The minimum atomic E-state index is 0.102. The molecule has 0 aliphatic carbocycles. The molecule has 1 N–H and O–H groups in total. The summed E-state index contributed by atoms with van der Waals surface area (Å²) in [6, 6.07) is 1.98. The number of nitrogens with one attached hydrogen (secondary N) is 1. The van der Waals surface area contributed by atoms with Gasteiger partial charge in [0.1, 0.15) is 0 Å². The Balaban J connectivity index is 2.17. The van der Waals surface area contributed by atoms with E-state index in [1.165, 1.54) is 0 Å². The zero-order valence-electron chi connectivity index (χ0n) is 8.62. The van der Waals surface area contributed by atoms with Crippen LogP contribution in [0, 0.1) is 0 Å². The van der Waals surface area contributed by atoms with Gasteiger partial charge in [-0.05, 0) is 36.5 Å². The van der Waals surface area contributed by atoms with Gasteiger partial charge < -0.3 is 10.2 Å². The number of hydrogen-bond acceptors (Lipinski definition) is 3. The summed E-state index contributed by atoms with van der Waals surface area (Å²) in [4.78, 5) is 13.4. The normalized spacial score (nSPS) is 10.5. The van der Waals surface area contributed by atoms with Crippen molar-refractivity contribution in [2.45, 2.75) is 6.42 Å². The number of amides is 1. The van der Waals surface area contributed by atoms with Gasteiger partial charge in [-0.2, -0.15) is 11.3 Å². The zero-order valence-corrected chi connectivity index (χ0v) is 9.43. The Morgan fingerprint density at radius 3 is 2.93 bits per heavy atom. The SMILES string of the molecule is CN(C)CCNC(=O)Cc1ccsc1. The maximum Gasteiger partial charge on any atom is 0.224 e. The Bertz CT molecular complexity index is 270. The maximum atomic E-state index is 11.4. The van der Waals surface area contributed by atoms with Gasteiger partial charge in [-0.25, -0.2) is 0 Å². The van der Waals surface area contributed by atoms with E-state index in [1.54, 1.807) is 11.3 Å². The molecule has 0 saturated heterocycles. The van der Waals surface area contributed by atoms with Crippen molar-refractivity contribution in [2.75, 3.05) is 27.2 Å². The predicted molar refractivity (Wildman–Crippen MR) is 59.6 cm³/mol. The molecule has 0 unspecified atom stereocenters. The topological polar surface area (TPSA) is 32.3 Å². The minimum Gasteiger partial charge on any atom is -0.355 e. The fourth-order valence-corrected chi connectivity index (χ4v) is 1.73. The summed E-state index contributed by atoms with van der Waals surface area (Å²) >= 11 is 1.62. The van der Waals surface area contributed by atoms with Crippen molar-refractivity contribution in [3.8, 4) is 0 Å². The van der Waals surface area contributed by atoms with Crippen molar-refractivity contribution >= 4 is 17.2 Å². The smallest absolute Gasteiger partial charge is 0.224 e. The van der Waals surface area contributed by atoms with Gasteiger partial charge in [0, 0.05) is 13.1 Å². The molecule has 3 nitrogen and oxygen atoms in total. The number of carbonyl (C=O) groups excluding carboxylic acids is 1. The third-order valence-corrected chi connectivity index (χ3v) is 2.56. The monoisotopic (exact) mass is 212 g/mol. The lowest BCUT2D eigenvalue weighted by Gasteiger charge is -2.09. The maximum absolute atomic E-state index is 11.4. The van der Waals surface area contributed by atoms with Crippen LogP contribution in [0.4, 0.5) is 0 Å². The molecule has 1 rings (SSSR count). The summed E-state index contributed by atoms with van der Waals surface area (Å²) in [6.07, 6.45) is 0.497. The third kappa shape index (κ3) is 4.39. The minimum absolute atomic E-state index is 0.102. The van der Waals surface area contributed by atoms with Gasteiger partial charge in [0.15, 0.2) is 0 Å². The molecule has 0 radical (unpaired) electrons. The summed E-state index contributed by atoms with van der Waals surface area (Å²) in [7, 11) is 3.98. The Morgan fingerprint density at radius 1 is 1.57 bits per heavy atom. The Morgan fingerprint density at radius 2 is 2.36 bits per heavy atom. The Kier molecular flexibility index (Phi) is 4.62. The highest BCUT2D eigenvalue weighted by Gasteiger charge is 2.02. The highest BCUT2D eigenvalue weighted by atomic mass is 32.1. The first-order valence-electron chi connectivity index (χ1n) is 4.61. The molecule has 4 heteroatoms. The fraction of sp³-hybridized carbons (Fsp3) is 0.500. The van der Waals surface area contributed by atoms with Crippen LogP contribution in [0.5, 0.6) is 0 Å². The second kappa shape index (κ2) is 5.78. The van der Waals surface area contributed by atoms with Gasteiger partial charge in [-0.15, -0.1) is 0 Å². The number of nitrogens with zero attached hydrogens (tertiary/aromatic N) is 1. The van der Waals surface area contributed by atoms with Crippen LogP contribution in [-0.4, -0.2) is 38.0 Å². The molecule has 0 aliphatic rings. The molecule has 0 fully saturated rings. The largest absolute Gasteiger partial charge is 0.355 e. The van der Waals surface area contributed by atoms with E-state index in [2.05, 4.69) is 5.32 Å². The van der Waals surface area contributed by atoms with Gasteiger partial charge in [0.25, 0.3) is 0 Å². The molecule has 1 heterocycles. The number of carbonyl (C=O) groups is 1. The van der Waals surface area contributed by atoms with Crippen molar-refractivity contribution < 1.29 is 4.79 Å². The molecule has 0 aromatic carbocycles. The van der Waals surface area contributed by atoms with E-state index in [9.17, 15) is 4.79 Å². The summed E-state index contributed by atoms with van der Waals surface area (Å²) in [5, 5.41) is 6.87. The van der Waals surface area contributed by atoms with E-state index in [-0.39, 0.29) is 5.91 Å². The summed E-state index contributed by atoms with van der Waals surface area (Å²) in [6.45, 7) is 1.60. The highest BCUT2D eigenvalue weighted by Crippen LogP contribution is 2.05. The molecule has 14 heavy (non-hydrogen) atoms. The molecule has 0 spiro atoms. The molecule has 0 aliphatic heterocycles. The fourth-order valence-electron chi connectivity index (χ4n) is 1.06. The van der Waals surface area contributed by atoms with E-state index in [0.717, 1.165) is 18.7 Å². The highest BCUT2D eigenvalue weighted by molar-refractivity contribution is 7.07. The van der Waals surface area contributed by atoms with Gasteiger partial charge in [-0.1, -0.05) is 0 Å². The van der Waals surface area contributed by atoms with Crippen molar-refractivity contribution in [1.29, 1.82) is 0 Å². The lowest BCUT2D eigenvalue weighted by atomic mass is 10.2. The molecular formula is C10H16N2OS. The van der Waals surface area contributed by atoms with E-state index >= 15 is 0 Å². The van der Waals surface area contributed by atoms with Gasteiger partial charge >= 0.3 is 0 Å². The van der Waals surface area contributed by atoms with Gasteiger partial charge in [-0.3, -0.25) is 4.79 Å². The number of likely N-dealkylation sites (N-methyl/N-ethyl adjacent to an activating group) is 1. The lowest BCUT2D eigenvalue weighted by Crippen LogP contribution is -2.32. The molecule has 78 valence electrons. The van der Waals surface area contributed by atoms with Crippen molar-refractivity contribution in [1.82, 2.24) is 10.2 Å². The second-order valence-corrected chi connectivity index (χ2v) is 4.24. The molecule has 0 saturated carbocycles. The number of rotatable bonds is 5. The van der Waals surface area contributed by atoms with Crippen LogP contribution < -0.4 is 5.32 Å². The van der Waals surface area contributed by atoms with Crippen molar-refractivity contribution in [2.24, 2.45) is 0 Å². The van der Waals surface area contributed by atoms with Gasteiger partial charge in [0.05, 0.1) is 6.42 Å². The van der Waals surface area contributed by atoms with E-state index in [0.29, 0.717) is 6.42 Å². The van der Waals surface area contributed by atoms with Crippen LogP contribution in [0.3, 0.4) is 0 Å².